The molecule has 0 saturated carbocycles. The lowest BCUT2D eigenvalue weighted by Crippen LogP contribution is -2.05. The average molecular weight is 280 g/mol. The van der Waals surface area contributed by atoms with Gasteiger partial charge in [-0.2, -0.15) is 0 Å². The highest BCUT2D eigenvalue weighted by molar-refractivity contribution is 7.80. The first-order chi connectivity index (χ1) is 9.84. The minimum absolute atomic E-state index is 0.903. The summed E-state index contributed by atoms with van der Waals surface area (Å²) in [5.41, 5.74) is 3.40. The third-order valence-electron chi connectivity index (χ3n) is 3.32. The highest BCUT2D eigenvalue weighted by Crippen LogP contribution is 2.25. The maximum Gasteiger partial charge on any atom is 0.0855 e. The third-order valence-corrected chi connectivity index (χ3v) is 3.68. The van der Waals surface area contributed by atoms with Gasteiger partial charge in [0.1, 0.15) is 0 Å². The Bertz CT molecular complexity index is 711. The lowest BCUT2D eigenvalue weighted by atomic mass is 10.1. The number of nitrogens with zero attached hydrogens (tertiary/aromatic N) is 1. The summed E-state index contributed by atoms with van der Waals surface area (Å²) in [5, 5.41) is 4.61. The molecule has 1 heterocycles. The molecule has 3 aromatic rings. The largest absolute Gasteiger partial charge is 0.384 e. The molecule has 0 aliphatic rings. The van der Waals surface area contributed by atoms with Crippen LogP contribution in [-0.4, -0.2) is 11.5 Å². The van der Waals surface area contributed by atoms with Crippen LogP contribution >= 0.6 is 12.6 Å². The van der Waals surface area contributed by atoms with Crippen LogP contribution in [0.3, 0.4) is 0 Å². The lowest BCUT2D eigenvalue weighted by molar-refractivity contribution is 1.02. The summed E-state index contributed by atoms with van der Waals surface area (Å²) in [7, 11) is 0. The summed E-state index contributed by atoms with van der Waals surface area (Å²) >= 11 is 4.46. The number of thiol groups is 1. The van der Waals surface area contributed by atoms with Gasteiger partial charge in [0.25, 0.3) is 0 Å². The van der Waals surface area contributed by atoms with Crippen molar-refractivity contribution in [2.24, 2.45) is 0 Å². The van der Waals surface area contributed by atoms with Gasteiger partial charge in [-0.05, 0) is 24.1 Å². The fourth-order valence-corrected chi connectivity index (χ4v) is 2.57. The molecule has 2 nitrogen and oxygen atoms in total. The number of pyridine rings is 1. The standard InChI is InChI=1S/C17H16N2S/c20-16-8-4-7-14-15(10-12-19-17(14)16)18-11-9-13-5-2-1-3-6-13/h1-8,10,12,20H,9,11H2,(H,18,19). The van der Waals surface area contributed by atoms with E-state index in [0.29, 0.717) is 0 Å². The average Bonchev–Trinajstić information content (AvgIpc) is 2.49. The SMILES string of the molecule is Sc1cccc2c(NCCc3ccccc3)ccnc12. The molecule has 100 valence electrons. The van der Waals surface area contributed by atoms with Crippen LogP contribution in [0.5, 0.6) is 0 Å². The summed E-state index contributed by atoms with van der Waals surface area (Å²) in [6, 6.07) is 18.6. The second-order valence-electron chi connectivity index (χ2n) is 4.69. The van der Waals surface area contributed by atoms with E-state index in [9.17, 15) is 0 Å². The van der Waals surface area contributed by atoms with E-state index in [1.807, 2.05) is 30.5 Å². The second-order valence-corrected chi connectivity index (χ2v) is 5.18. The Hall–Kier alpha value is -2.00. The van der Waals surface area contributed by atoms with E-state index < -0.39 is 0 Å². The molecule has 0 unspecified atom stereocenters. The number of fused-ring (bicyclic) bond motifs is 1. The van der Waals surface area contributed by atoms with Crippen LogP contribution in [0.25, 0.3) is 10.9 Å². The molecule has 0 radical (unpaired) electrons. The minimum Gasteiger partial charge on any atom is -0.384 e. The fourth-order valence-electron chi connectivity index (χ4n) is 2.30. The van der Waals surface area contributed by atoms with Crippen LogP contribution in [0.2, 0.25) is 0 Å². The van der Waals surface area contributed by atoms with E-state index in [2.05, 4.69) is 53.3 Å². The van der Waals surface area contributed by atoms with Crippen molar-refractivity contribution in [3.05, 3.63) is 66.4 Å². The molecule has 0 spiro atoms. The zero-order chi connectivity index (χ0) is 13.8. The van der Waals surface area contributed by atoms with Gasteiger partial charge < -0.3 is 5.32 Å². The molecule has 0 aliphatic carbocycles. The number of para-hydroxylation sites is 1. The summed E-state index contributed by atoms with van der Waals surface area (Å²) in [4.78, 5) is 5.30. The van der Waals surface area contributed by atoms with Crippen LogP contribution in [0, 0.1) is 0 Å². The zero-order valence-electron chi connectivity index (χ0n) is 11.1. The Kier molecular flexibility index (Phi) is 3.88. The van der Waals surface area contributed by atoms with Gasteiger partial charge in [-0.3, -0.25) is 4.98 Å². The summed E-state index contributed by atoms with van der Waals surface area (Å²) in [5.74, 6) is 0. The Balaban J connectivity index is 1.76. The summed E-state index contributed by atoms with van der Waals surface area (Å²) < 4.78 is 0. The van der Waals surface area contributed by atoms with Crippen LogP contribution in [0.15, 0.2) is 65.7 Å². The Morgan fingerprint density at radius 2 is 1.80 bits per heavy atom. The van der Waals surface area contributed by atoms with Crippen molar-refractivity contribution >= 4 is 29.2 Å². The van der Waals surface area contributed by atoms with Gasteiger partial charge in [-0.25, -0.2) is 0 Å². The van der Waals surface area contributed by atoms with Crippen molar-refractivity contribution in [3.63, 3.8) is 0 Å². The van der Waals surface area contributed by atoms with Crippen molar-refractivity contribution < 1.29 is 0 Å². The smallest absolute Gasteiger partial charge is 0.0855 e. The fraction of sp³-hybridized carbons (Fsp3) is 0.118. The van der Waals surface area contributed by atoms with E-state index in [1.54, 1.807) is 0 Å². The van der Waals surface area contributed by atoms with Gasteiger partial charge in [0.05, 0.1) is 5.52 Å². The quantitative estimate of drug-likeness (QED) is 0.701. The number of hydrogen-bond acceptors (Lipinski definition) is 3. The number of hydrogen-bond donors (Lipinski definition) is 2. The molecule has 1 aromatic heterocycles. The molecule has 0 amide bonds. The number of benzene rings is 2. The number of aromatic nitrogens is 1. The Labute approximate surface area is 124 Å². The van der Waals surface area contributed by atoms with Gasteiger partial charge in [0, 0.05) is 28.7 Å². The van der Waals surface area contributed by atoms with Crippen molar-refractivity contribution in [2.45, 2.75) is 11.3 Å². The van der Waals surface area contributed by atoms with E-state index in [-0.39, 0.29) is 0 Å². The number of anilines is 1. The van der Waals surface area contributed by atoms with E-state index in [1.165, 1.54) is 5.56 Å². The minimum atomic E-state index is 0.903. The molecule has 3 heteroatoms. The number of nitrogens with one attached hydrogen (secondary N) is 1. The van der Waals surface area contributed by atoms with Crippen LogP contribution in [0.4, 0.5) is 5.69 Å². The van der Waals surface area contributed by atoms with E-state index in [4.69, 9.17) is 0 Å². The highest BCUT2D eigenvalue weighted by Gasteiger charge is 2.03. The summed E-state index contributed by atoms with van der Waals surface area (Å²) in [6.07, 6.45) is 2.83. The lowest BCUT2D eigenvalue weighted by Gasteiger charge is -2.10. The molecule has 3 rings (SSSR count). The molecular formula is C17H16N2S. The maximum absolute atomic E-state index is 4.46. The predicted octanol–water partition coefficient (Wildman–Crippen LogP) is 4.18. The molecule has 0 saturated heterocycles. The Morgan fingerprint density at radius 3 is 2.65 bits per heavy atom. The molecular weight excluding hydrogens is 264 g/mol. The van der Waals surface area contributed by atoms with E-state index in [0.717, 1.165) is 34.5 Å². The van der Waals surface area contributed by atoms with Gasteiger partial charge in [-0.1, -0.05) is 42.5 Å². The molecule has 0 atom stereocenters. The summed E-state index contributed by atoms with van der Waals surface area (Å²) in [6.45, 7) is 0.903. The first-order valence-electron chi connectivity index (χ1n) is 6.69. The molecule has 1 N–H and O–H groups in total. The topological polar surface area (TPSA) is 24.9 Å². The monoisotopic (exact) mass is 280 g/mol. The van der Waals surface area contributed by atoms with Crippen molar-refractivity contribution in [1.82, 2.24) is 4.98 Å². The van der Waals surface area contributed by atoms with E-state index >= 15 is 0 Å². The molecule has 2 aromatic carbocycles. The third kappa shape index (κ3) is 2.78. The zero-order valence-corrected chi connectivity index (χ0v) is 12.0. The van der Waals surface area contributed by atoms with Crippen molar-refractivity contribution in [2.75, 3.05) is 11.9 Å². The first-order valence-corrected chi connectivity index (χ1v) is 7.14. The van der Waals surface area contributed by atoms with Gasteiger partial charge >= 0.3 is 0 Å². The molecule has 0 bridgehead atoms. The molecule has 20 heavy (non-hydrogen) atoms. The normalized spacial score (nSPS) is 10.7. The first kappa shape index (κ1) is 13.0. The molecule has 0 fully saturated rings. The highest BCUT2D eigenvalue weighted by atomic mass is 32.1. The Morgan fingerprint density at radius 1 is 0.950 bits per heavy atom. The second kappa shape index (κ2) is 5.97. The molecule has 0 aliphatic heterocycles. The van der Waals surface area contributed by atoms with Crippen molar-refractivity contribution in [1.29, 1.82) is 0 Å². The van der Waals surface area contributed by atoms with Crippen molar-refractivity contribution in [3.8, 4) is 0 Å². The van der Waals surface area contributed by atoms with Crippen LogP contribution in [0.1, 0.15) is 5.56 Å². The number of rotatable bonds is 4. The maximum atomic E-state index is 4.46. The van der Waals surface area contributed by atoms with Crippen LogP contribution < -0.4 is 5.32 Å². The predicted molar refractivity (Wildman–Crippen MR) is 87.6 cm³/mol. The van der Waals surface area contributed by atoms with Gasteiger partial charge in [0.2, 0.25) is 0 Å². The van der Waals surface area contributed by atoms with Gasteiger partial charge in [-0.15, -0.1) is 12.6 Å². The van der Waals surface area contributed by atoms with Gasteiger partial charge in [0.15, 0.2) is 0 Å². The van der Waals surface area contributed by atoms with Crippen LogP contribution in [-0.2, 0) is 6.42 Å².